The van der Waals surface area contributed by atoms with Gasteiger partial charge in [0.1, 0.15) is 13.2 Å². The number of hydrogen-bond acceptors (Lipinski definition) is 8. The van der Waals surface area contributed by atoms with Gasteiger partial charge >= 0.3 is 11.9 Å². The van der Waals surface area contributed by atoms with E-state index >= 15 is 0 Å². The molecule has 0 saturated carbocycles. The van der Waals surface area contributed by atoms with E-state index in [-0.39, 0.29) is 38.2 Å². The van der Waals surface area contributed by atoms with Crippen molar-refractivity contribution in [3.63, 3.8) is 0 Å². The molecule has 0 amide bonds. The van der Waals surface area contributed by atoms with Gasteiger partial charge in [0.15, 0.2) is 0 Å². The number of fused-ring (bicyclic) bond motifs is 1. The molecule has 1 unspecified atom stereocenters. The van der Waals surface area contributed by atoms with Crippen LogP contribution >= 0.6 is 33.3 Å². The van der Waals surface area contributed by atoms with Crippen LogP contribution in [0.4, 0.5) is 0 Å². The largest absolute Gasteiger partial charge is 0.463 e. The van der Waals surface area contributed by atoms with Crippen molar-refractivity contribution in [3.05, 3.63) is 70.8 Å². The molecule has 0 aromatic heterocycles. The second kappa shape index (κ2) is 16.3. The number of carbonyl (C=O) groups is 2. The van der Waals surface area contributed by atoms with Gasteiger partial charge in [0.2, 0.25) is 0 Å². The van der Waals surface area contributed by atoms with Crippen LogP contribution in [0.3, 0.4) is 0 Å². The molecule has 214 valence electrons. The molecule has 0 radical (unpaired) electrons. The normalized spacial score (nSPS) is 17.4. The summed E-state index contributed by atoms with van der Waals surface area (Å²) in [5.74, 6) is 0.796. The SMILES string of the molecule is CSc1ccc(C=C2C(C)=C(CC(=O)OCCOCCOC(=O)CCCCC3CCSS3)c3ccccc32)cc1. The minimum atomic E-state index is -0.278. The summed E-state index contributed by atoms with van der Waals surface area (Å²) < 4.78 is 16.2. The van der Waals surface area contributed by atoms with Crippen LogP contribution in [0.25, 0.3) is 17.2 Å². The zero-order chi connectivity index (χ0) is 28.2. The van der Waals surface area contributed by atoms with Crippen LogP contribution in [0.15, 0.2) is 59.0 Å². The van der Waals surface area contributed by atoms with Crippen LogP contribution in [0.1, 0.15) is 62.1 Å². The molecule has 4 rings (SSSR count). The van der Waals surface area contributed by atoms with E-state index < -0.39 is 0 Å². The minimum Gasteiger partial charge on any atom is -0.463 e. The number of rotatable bonds is 15. The molecule has 40 heavy (non-hydrogen) atoms. The predicted molar refractivity (Wildman–Crippen MR) is 169 cm³/mol. The third-order valence-corrected chi connectivity index (χ3v) is 10.8. The Balaban J connectivity index is 1.15. The van der Waals surface area contributed by atoms with E-state index in [1.165, 1.54) is 23.5 Å². The van der Waals surface area contributed by atoms with Gasteiger partial charge in [0.25, 0.3) is 0 Å². The molecule has 1 saturated heterocycles. The van der Waals surface area contributed by atoms with Gasteiger partial charge in [-0.3, -0.25) is 9.59 Å². The summed E-state index contributed by atoms with van der Waals surface area (Å²) in [7, 11) is 3.93. The lowest BCUT2D eigenvalue weighted by Crippen LogP contribution is -2.14. The van der Waals surface area contributed by atoms with Gasteiger partial charge in [0, 0.05) is 22.3 Å². The Morgan fingerprint density at radius 1 is 0.950 bits per heavy atom. The van der Waals surface area contributed by atoms with Gasteiger partial charge in [-0.15, -0.1) is 11.8 Å². The Morgan fingerprint density at radius 2 is 1.68 bits per heavy atom. The van der Waals surface area contributed by atoms with Crippen LogP contribution in [0.2, 0.25) is 0 Å². The molecule has 0 bridgehead atoms. The predicted octanol–water partition coefficient (Wildman–Crippen LogP) is 7.94. The monoisotopic (exact) mass is 598 g/mol. The number of allylic oxidation sites excluding steroid dienone is 2. The van der Waals surface area contributed by atoms with Crippen LogP contribution in [0, 0.1) is 0 Å². The van der Waals surface area contributed by atoms with E-state index in [1.54, 1.807) is 11.8 Å². The summed E-state index contributed by atoms with van der Waals surface area (Å²) in [5, 5.41) is 0.751. The first kappa shape index (κ1) is 30.8. The number of thioether (sulfide) groups is 1. The first-order chi connectivity index (χ1) is 19.5. The standard InChI is InChI=1S/C32H38O5S3/c1-23-29(21-24-11-13-25(38-2)14-12-24)27-8-4-5-9-28(27)30(23)22-32(34)37-19-17-35-16-18-36-31(33)10-6-3-7-26-15-20-39-40-26/h4-5,8-9,11-14,21,26H,3,6-7,10,15-20,22H2,1-2H3. The third-order valence-electron chi connectivity index (χ3n) is 7.01. The Morgan fingerprint density at radius 3 is 2.38 bits per heavy atom. The summed E-state index contributed by atoms with van der Waals surface area (Å²) in [5.41, 5.74) is 6.59. The van der Waals surface area contributed by atoms with Gasteiger partial charge in [-0.05, 0) is 84.1 Å². The first-order valence-electron chi connectivity index (χ1n) is 13.9. The highest BCUT2D eigenvalue weighted by Gasteiger charge is 2.25. The van der Waals surface area contributed by atoms with Crippen LogP contribution in [0.5, 0.6) is 0 Å². The maximum Gasteiger partial charge on any atom is 0.310 e. The maximum absolute atomic E-state index is 12.7. The zero-order valence-corrected chi connectivity index (χ0v) is 25.8. The Kier molecular flexibility index (Phi) is 12.6. The molecule has 2 aromatic rings. The molecule has 1 fully saturated rings. The molecule has 1 aliphatic carbocycles. The number of ether oxygens (including phenoxy) is 3. The molecular formula is C32H38O5S3. The molecular weight excluding hydrogens is 561 g/mol. The number of carbonyl (C=O) groups excluding carboxylic acids is 2. The molecule has 5 nitrogen and oxygen atoms in total. The summed E-state index contributed by atoms with van der Waals surface area (Å²) in [4.78, 5) is 25.8. The molecule has 0 N–H and O–H groups in total. The summed E-state index contributed by atoms with van der Waals surface area (Å²) in [6, 6.07) is 16.7. The van der Waals surface area contributed by atoms with Gasteiger partial charge in [-0.2, -0.15) is 0 Å². The van der Waals surface area contributed by atoms with Crippen LogP contribution in [-0.4, -0.2) is 55.6 Å². The van der Waals surface area contributed by atoms with E-state index in [4.69, 9.17) is 14.2 Å². The quantitative estimate of drug-likeness (QED) is 0.0886. The van der Waals surface area contributed by atoms with E-state index in [1.807, 2.05) is 33.7 Å². The third kappa shape index (κ3) is 9.20. The lowest BCUT2D eigenvalue weighted by molar-refractivity contribution is -0.146. The number of unbranched alkanes of at least 4 members (excludes halogenated alkanes) is 1. The summed E-state index contributed by atoms with van der Waals surface area (Å²) in [6.45, 7) is 3.03. The Hall–Kier alpha value is -2.13. The molecule has 2 aromatic carbocycles. The molecule has 2 aliphatic rings. The van der Waals surface area contributed by atoms with Gasteiger partial charge in [0.05, 0.1) is 19.6 Å². The van der Waals surface area contributed by atoms with Gasteiger partial charge in [-0.25, -0.2) is 0 Å². The van der Waals surface area contributed by atoms with Crippen molar-refractivity contribution < 1.29 is 23.8 Å². The zero-order valence-electron chi connectivity index (χ0n) is 23.3. The number of esters is 2. The Bertz CT molecular complexity index is 1200. The lowest BCUT2D eigenvalue weighted by atomic mass is 10.0. The van der Waals surface area contributed by atoms with Crippen LogP contribution < -0.4 is 0 Å². The van der Waals surface area contributed by atoms with E-state index in [0.717, 1.165) is 51.5 Å². The smallest absolute Gasteiger partial charge is 0.310 e. The molecule has 1 atom stereocenters. The van der Waals surface area contributed by atoms with Crippen molar-refractivity contribution in [3.8, 4) is 0 Å². The van der Waals surface area contributed by atoms with E-state index in [2.05, 4.69) is 55.7 Å². The van der Waals surface area contributed by atoms with E-state index in [0.29, 0.717) is 13.0 Å². The fourth-order valence-electron chi connectivity index (χ4n) is 4.83. The highest BCUT2D eigenvalue weighted by molar-refractivity contribution is 8.77. The average molecular weight is 599 g/mol. The van der Waals surface area contributed by atoms with Crippen LogP contribution in [-0.2, 0) is 23.8 Å². The minimum absolute atomic E-state index is 0.169. The maximum atomic E-state index is 12.7. The second-order valence-electron chi connectivity index (χ2n) is 9.79. The van der Waals surface area contributed by atoms with Crippen molar-refractivity contribution >= 4 is 62.5 Å². The summed E-state index contributed by atoms with van der Waals surface area (Å²) in [6.07, 6.45) is 9.34. The van der Waals surface area contributed by atoms with Gasteiger partial charge in [-0.1, -0.05) is 64.4 Å². The van der Waals surface area contributed by atoms with Gasteiger partial charge < -0.3 is 14.2 Å². The molecule has 0 spiro atoms. The van der Waals surface area contributed by atoms with Crippen molar-refractivity contribution in [1.82, 2.24) is 0 Å². The second-order valence-corrected chi connectivity index (χ2v) is 13.5. The number of benzene rings is 2. The fraction of sp³-hybridized carbons (Fsp3) is 0.438. The Labute approximate surface area is 250 Å². The highest BCUT2D eigenvalue weighted by atomic mass is 33.1. The fourth-order valence-corrected chi connectivity index (χ4v) is 8.27. The van der Waals surface area contributed by atoms with Crippen molar-refractivity contribution in [2.45, 2.75) is 55.6 Å². The molecule has 8 heteroatoms. The molecule has 1 heterocycles. The number of hydrogen-bond donors (Lipinski definition) is 0. The van der Waals surface area contributed by atoms with Crippen molar-refractivity contribution in [2.24, 2.45) is 0 Å². The topological polar surface area (TPSA) is 61.8 Å². The average Bonchev–Trinajstić information content (AvgIpc) is 3.58. The molecule has 1 aliphatic heterocycles. The lowest BCUT2D eigenvalue weighted by Gasteiger charge is -2.09. The summed E-state index contributed by atoms with van der Waals surface area (Å²) >= 11 is 1.72. The van der Waals surface area contributed by atoms with E-state index in [9.17, 15) is 9.59 Å². The highest BCUT2D eigenvalue weighted by Crippen LogP contribution is 2.43. The first-order valence-corrected chi connectivity index (χ1v) is 17.5. The van der Waals surface area contributed by atoms with Crippen molar-refractivity contribution in [1.29, 1.82) is 0 Å². The van der Waals surface area contributed by atoms with Crippen molar-refractivity contribution in [2.75, 3.05) is 38.4 Å².